The third-order valence-corrected chi connectivity index (χ3v) is 7.13. The lowest BCUT2D eigenvalue weighted by molar-refractivity contribution is -0.143. The number of carbonyl (C=O) groups excluding carboxylic acids is 2. The molecule has 0 aromatic heterocycles. The molecule has 0 aliphatic rings. The van der Waals surface area contributed by atoms with E-state index < -0.39 is 6.04 Å². The average Bonchev–Trinajstić information content (AvgIpc) is 2.94. The Labute approximate surface area is 234 Å². The molecule has 38 heavy (non-hydrogen) atoms. The number of benzene rings is 3. The van der Waals surface area contributed by atoms with Crippen LogP contribution in [0.3, 0.4) is 0 Å². The summed E-state index contributed by atoms with van der Waals surface area (Å²) in [5, 5.41) is 3.08. The van der Waals surface area contributed by atoms with E-state index in [1.54, 1.807) is 12.0 Å². The predicted molar refractivity (Wildman–Crippen MR) is 154 cm³/mol. The van der Waals surface area contributed by atoms with Gasteiger partial charge in [-0.2, -0.15) is 0 Å². The number of aryl methyl sites for hydroxylation is 1. The molecule has 2 amide bonds. The van der Waals surface area contributed by atoms with Gasteiger partial charge in [-0.3, -0.25) is 9.59 Å². The van der Waals surface area contributed by atoms with Crippen molar-refractivity contribution < 1.29 is 19.1 Å². The van der Waals surface area contributed by atoms with Gasteiger partial charge in [0.2, 0.25) is 5.91 Å². The monoisotopic (exact) mass is 580 g/mol. The normalized spacial score (nSPS) is 12.3. The Morgan fingerprint density at radius 2 is 1.68 bits per heavy atom. The van der Waals surface area contributed by atoms with E-state index in [0.717, 1.165) is 28.4 Å². The largest absolute Gasteiger partial charge is 0.497 e. The summed E-state index contributed by atoms with van der Waals surface area (Å²) >= 11 is 3.55. The van der Waals surface area contributed by atoms with Crippen LogP contribution in [0.15, 0.2) is 77.3 Å². The van der Waals surface area contributed by atoms with Crippen LogP contribution in [0.4, 0.5) is 0 Å². The molecule has 7 heteroatoms. The summed E-state index contributed by atoms with van der Waals surface area (Å²) in [6, 6.07) is 22.4. The second-order valence-electron chi connectivity index (χ2n) is 9.30. The highest BCUT2D eigenvalue weighted by atomic mass is 79.9. The van der Waals surface area contributed by atoms with Crippen molar-refractivity contribution in [3.63, 3.8) is 0 Å². The third kappa shape index (κ3) is 8.35. The van der Waals surface area contributed by atoms with Gasteiger partial charge in [0.1, 0.15) is 17.5 Å². The van der Waals surface area contributed by atoms with Crippen LogP contribution in [-0.2, 0) is 29.0 Å². The first-order valence-electron chi connectivity index (χ1n) is 13.0. The van der Waals surface area contributed by atoms with Crippen LogP contribution in [-0.4, -0.2) is 42.5 Å². The fourth-order valence-electron chi connectivity index (χ4n) is 4.07. The number of ether oxygens (including phenoxy) is 2. The Hall–Kier alpha value is -3.32. The minimum Gasteiger partial charge on any atom is -0.497 e. The third-order valence-electron chi connectivity index (χ3n) is 6.51. The lowest BCUT2D eigenvalue weighted by Gasteiger charge is -2.32. The first-order chi connectivity index (χ1) is 18.3. The summed E-state index contributed by atoms with van der Waals surface area (Å²) in [6.07, 6.45) is 2.07. The molecule has 1 N–H and O–H groups in total. The number of hydrogen-bond donors (Lipinski definition) is 1. The van der Waals surface area contributed by atoms with E-state index in [4.69, 9.17) is 9.47 Å². The topological polar surface area (TPSA) is 67.9 Å². The Kier molecular flexibility index (Phi) is 11.2. The Bertz CT molecular complexity index is 1200. The summed E-state index contributed by atoms with van der Waals surface area (Å²) in [6.45, 7) is 6.11. The minimum atomic E-state index is -0.723. The second-order valence-corrected chi connectivity index (χ2v) is 10.2. The van der Waals surface area contributed by atoms with Crippen LogP contribution in [0.25, 0.3) is 0 Å². The van der Waals surface area contributed by atoms with Gasteiger partial charge in [-0.1, -0.05) is 62.4 Å². The zero-order chi connectivity index (χ0) is 27.5. The van der Waals surface area contributed by atoms with E-state index in [1.165, 1.54) is 5.56 Å². The van der Waals surface area contributed by atoms with Crippen LogP contribution in [0.1, 0.15) is 43.9 Å². The Balaban J connectivity index is 1.93. The molecular formula is C31H37BrN2O4. The molecule has 0 radical (unpaired) electrons. The van der Waals surface area contributed by atoms with E-state index in [2.05, 4.69) is 28.2 Å². The number of halogens is 1. The molecule has 0 fully saturated rings. The molecule has 0 saturated heterocycles. The van der Waals surface area contributed by atoms with Crippen LogP contribution >= 0.6 is 15.9 Å². The zero-order valence-electron chi connectivity index (χ0n) is 22.6. The summed E-state index contributed by atoms with van der Waals surface area (Å²) in [5.74, 6) is 0.808. The van der Waals surface area contributed by atoms with Crippen molar-refractivity contribution in [2.45, 2.75) is 58.7 Å². The SMILES string of the molecule is CCc1ccc(OCC(=O)N(Cc2cccc(OC)c2)[C@H](Cc2ccccc2)C(=O)N[C@H](C)CC)c(Br)c1. The molecule has 0 heterocycles. The van der Waals surface area contributed by atoms with Crippen LogP contribution < -0.4 is 14.8 Å². The molecule has 3 aromatic rings. The number of hydrogen-bond acceptors (Lipinski definition) is 4. The molecule has 202 valence electrons. The minimum absolute atomic E-state index is 0.0150. The van der Waals surface area contributed by atoms with Gasteiger partial charge < -0.3 is 19.7 Å². The number of nitrogens with one attached hydrogen (secondary N) is 1. The second kappa shape index (κ2) is 14.6. The maximum absolute atomic E-state index is 13.8. The quantitative estimate of drug-likeness (QED) is 0.271. The molecule has 0 aliphatic heterocycles. The molecule has 2 atom stereocenters. The van der Waals surface area contributed by atoms with Crippen molar-refractivity contribution in [3.05, 3.63) is 94.0 Å². The van der Waals surface area contributed by atoms with Gasteiger partial charge in [0.25, 0.3) is 5.91 Å². The van der Waals surface area contributed by atoms with Crippen LogP contribution in [0.2, 0.25) is 0 Å². The Morgan fingerprint density at radius 1 is 0.947 bits per heavy atom. The van der Waals surface area contributed by atoms with Gasteiger partial charge in [-0.05, 0) is 76.7 Å². The van der Waals surface area contributed by atoms with Crippen molar-refractivity contribution in [3.8, 4) is 11.5 Å². The number of amides is 2. The van der Waals surface area contributed by atoms with Crippen molar-refractivity contribution >= 4 is 27.7 Å². The van der Waals surface area contributed by atoms with E-state index in [0.29, 0.717) is 17.9 Å². The molecule has 3 rings (SSSR count). The summed E-state index contributed by atoms with van der Waals surface area (Å²) < 4.78 is 12.1. The molecule has 0 bridgehead atoms. The van der Waals surface area contributed by atoms with Gasteiger partial charge in [-0.25, -0.2) is 0 Å². The highest BCUT2D eigenvalue weighted by Gasteiger charge is 2.31. The Morgan fingerprint density at radius 3 is 2.34 bits per heavy atom. The first kappa shape index (κ1) is 29.2. The standard InChI is InChI=1S/C31H37BrN2O4/c1-5-22(3)33-31(36)28(19-24-11-8-7-9-12-24)34(20-25-13-10-14-26(17-25)37-4)30(35)21-38-29-16-15-23(6-2)18-27(29)32/h7-18,22,28H,5-6,19-21H2,1-4H3,(H,33,36)/t22-,28-/m1/s1. The number of methoxy groups -OCH3 is 1. The summed E-state index contributed by atoms with van der Waals surface area (Å²) in [7, 11) is 1.61. The summed E-state index contributed by atoms with van der Waals surface area (Å²) in [4.78, 5) is 29.0. The van der Waals surface area contributed by atoms with Crippen LogP contribution in [0, 0.1) is 0 Å². The van der Waals surface area contributed by atoms with Gasteiger partial charge >= 0.3 is 0 Å². The fourth-order valence-corrected chi connectivity index (χ4v) is 4.61. The summed E-state index contributed by atoms with van der Waals surface area (Å²) in [5.41, 5.74) is 3.00. The lowest BCUT2D eigenvalue weighted by Crippen LogP contribution is -2.53. The van der Waals surface area contributed by atoms with Gasteiger partial charge in [-0.15, -0.1) is 0 Å². The van der Waals surface area contributed by atoms with Crippen molar-refractivity contribution in [1.29, 1.82) is 0 Å². The van der Waals surface area contributed by atoms with Crippen LogP contribution in [0.5, 0.6) is 11.5 Å². The maximum atomic E-state index is 13.8. The highest BCUT2D eigenvalue weighted by molar-refractivity contribution is 9.10. The van der Waals surface area contributed by atoms with Gasteiger partial charge in [0.05, 0.1) is 11.6 Å². The molecule has 3 aromatic carbocycles. The van der Waals surface area contributed by atoms with Crippen molar-refractivity contribution in [2.75, 3.05) is 13.7 Å². The van der Waals surface area contributed by atoms with E-state index in [9.17, 15) is 9.59 Å². The molecule has 6 nitrogen and oxygen atoms in total. The van der Waals surface area contributed by atoms with Crippen molar-refractivity contribution in [1.82, 2.24) is 10.2 Å². The molecule has 0 spiro atoms. The molecule has 0 saturated carbocycles. The van der Waals surface area contributed by atoms with Gasteiger partial charge in [0.15, 0.2) is 6.61 Å². The fraction of sp³-hybridized carbons (Fsp3) is 0.355. The maximum Gasteiger partial charge on any atom is 0.261 e. The average molecular weight is 582 g/mol. The van der Waals surface area contributed by atoms with Gasteiger partial charge in [0, 0.05) is 19.0 Å². The van der Waals surface area contributed by atoms with E-state index in [-0.39, 0.29) is 31.0 Å². The smallest absolute Gasteiger partial charge is 0.261 e. The lowest BCUT2D eigenvalue weighted by atomic mass is 10.0. The number of nitrogens with zero attached hydrogens (tertiary/aromatic N) is 1. The number of rotatable bonds is 13. The van der Waals surface area contributed by atoms with E-state index in [1.807, 2.05) is 86.6 Å². The predicted octanol–water partition coefficient (Wildman–Crippen LogP) is 5.95. The molecule has 0 aliphatic carbocycles. The van der Waals surface area contributed by atoms with E-state index >= 15 is 0 Å². The van der Waals surface area contributed by atoms with Crippen molar-refractivity contribution in [2.24, 2.45) is 0 Å². The highest BCUT2D eigenvalue weighted by Crippen LogP contribution is 2.27. The number of carbonyl (C=O) groups is 2. The molecule has 0 unspecified atom stereocenters. The first-order valence-corrected chi connectivity index (χ1v) is 13.8. The zero-order valence-corrected chi connectivity index (χ0v) is 24.2. The molecular weight excluding hydrogens is 544 g/mol.